The van der Waals surface area contributed by atoms with Gasteiger partial charge in [-0.1, -0.05) is 19.8 Å². The highest BCUT2D eigenvalue weighted by Crippen LogP contribution is 2.26. The summed E-state index contributed by atoms with van der Waals surface area (Å²) in [4.78, 5) is 22.3. The van der Waals surface area contributed by atoms with E-state index in [2.05, 4.69) is 16.9 Å². The van der Waals surface area contributed by atoms with Crippen molar-refractivity contribution in [3.63, 3.8) is 0 Å². The predicted octanol–water partition coefficient (Wildman–Crippen LogP) is 1.68. The van der Waals surface area contributed by atoms with Gasteiger partial charge < -0.3 is 15.7 Å². The topological polar surface area (TPSA) is 78.4 Å². The van der Waals surface area contributed by atoms with Gasteiger partial charge in [0.15, 0.2) is 0 Å². The number of carbonyl (C=O) groups excluding carboxylic acids is 1. The van der Waals surface area contributed by atoms with E-state index in [1.165, 1.54) is 6.42 Å². The van der Waals surface area contributed by atoms with E-state index in [1.54, 1.807) is 18.7 Å². The monoisotopic (exact) mass is 274 g/mol. The van der Waals surface area contributed by atoms with Crippen LogP contribution in [0.4, 0.5) is 4.79 Å². The smallest absolute Gasteiger partial charge is 0.315 e. The van der Waals surface area contributed by atoms with E-state index in [1.807, 2.05) is 0 Å². The highest BCUT2D eigenvalue weighted by Gasteiger charge is 2.25. The zero-order valence-corrected chi connectivity index (χ0v) is 11.8. The summed E-state index contributed by atoms with van der Waals surface area (Å²) in [5.74, 6) is -1.45. The van der Waals surface area contributed by atoms with E-state index >= 15 is 0 Å². The molecule has 1 saturated carbocycles. The Balaban J connectivity index is 2.32. The fourth-order valence-electron chi connectivity index (χ4n) is 2.10. The summed E-state index contributed by atoms with van der Waals surface area (Å²) in [6, 6.07) is -0.0528. The Labute approximate surface area is 112 Å². The Morgan fingerprint density at radius 1 is 1.39 bits per heavy atom. The van der Waals surface area contributed by atoms with E-state index in [9.17, 15) is 9.59 Å². The van der Waals surface area contributed by atoms with Crippen LogP contribution in [0.15, 0.2) is 0 Å². The predicted molar refractivity (Wildman–Crippen MR) is 72.9 cm³/mol. The lowest BCUT2D eigenvalue weighted by molar-refractivity contribution is -0.140. The molecule has 1 rings (SSSR count). The van der Waals surface area contributed by atoms with Crippen LogP contribution in [0.2, 0.25) is 0 Å². The van der Waals surface area contributed by atoms with Crippen molar-refractivity contribution < 1.29 is 14.7 Å². The van der Waals surface area contributed by atoms with Gasteiger partial charge in [-0.2, -0.15) is 11.8 Å². The fourth-order valence-corrected chi connectivity index (χ4v) is 3.03. The lowest BCUT2D eigenvalue weighted by Gasteiger charge is -2.31. The Bertz CT molecular complexity index is 299. The summed E-state index contributed by atoms with van der Waals surface area (Å²) in [7, 11) is 0. The highest BCUT2D eigenvalue weighted by molar-refractivity contribution is 7.99. The molecule has 1 fully saturated rings. The first-order chi connectivity index (χ1) is 8.54. The number of hydrogen-bond acceptors (Lipinski definition) is 3. The molecule has 3 atom stereocenters. The summed E-state index contributed by atoms with van der Waals surface area (Å²) in [5, 5.41) is 14.8. The SMILES string of the molecule is CSC1CCCCC1NC(=O)NCC(C)C(=O)O. The van der Waals surface area contributed by atoms with Gasteiger partial charge in [-0.15, -0.1) is 0 Å². The van der Waals surface area contributed by atoms with Crippen molar-refractivity contribution in [1.29, 1.82) is 0 Å². The summed E-state index contributed by atoms with van der Waals surface area (Å²) in [6.45, 7) is 1.74. The number of urea groups is 1. The Kier molecular flexibility index (Phi) is 6.32. The average molecular weight is 274 g/mol. The molecule has 0 bridgehead atoms. The number of nitrogens with one attached hydrogen (secondary N) is 2. The van der Waals surface area contributed by atoms with Crippen molar-refractivity contribution in [2.45, 2.75) is 43.9 Å². The molecule has 0 aliphatic heterocycles. The van der Waals surface area contributed by atoms with Crippen LogP contribution < -0.4 is 10.6 Å². The standard InChI is InChI=1S/C12H22N2O3S/c1-8(11(15)16)7-13-12(17)14-9-5-3-4-6-10(9)18-2/h8-10H,3-7H2,1-2H3,(H,15,16)(H2,13,14,17). The molecule has 0 aromatic heterocycles. The molecule has 1 aliphatic rings. The van der Waals surface area contributed by atoms with Gasteiger partial charge in [0.05, 0.1) is 5.92 Å². The van der Waals surface area contributed by atoms with Crippen LogP contribution in [0.1, 0.15) is 32.6 Å². The third-order valence-electron chi connectivity index (χ3n) is 3.31. The second-order valence-electron chi connectivity index (χ2n) is 4.76. The van der Waals surface area contributed by atoms with Crippen LogP contribution in [-0.2, 0) is 4.79 Å². The van der Waals surface area contributed by atoms with E-state index in [-0.39, 0.29) is 18.6 Å². The number of carboxylic acid groups (broad SMARTS) is 1. The van der Waals surface area contributed by atoms with E-state index in [0.29, 0.717) is 5.25 Å². The second kappa shape index (κ2) is 7.51. The van der Waals surface area contributed by atoms with Crippen LogP contribution >= 0.6 is 11.8 Å². The summed E-state index contributed by atoms with van der Waals surface area (Å²) in [6.07, 6.45) is 6.58. The number of carbonyl (C=O) groups is 2. The zero-order valence-electron chi connectivity index (χ0n) is 10.9. The Morgan fingerprint density at radius 2 is 2.06 bits per heavy atom. The second-order valence-corrected chi connectivity index (χ2v) is 5.84. The lowest BCUT2D eigenvalue weighted by Crippen LogP contribution is -2.49. The maximum atomic E-state index is 11.7. The third-order valence-corrected chi connectivity index (χ3v) is 4.48. The minimum Gasteiger partial charge on any atom is -0.481 e. The van der Waals surface area contributed by atoms with Crippen molar-refractivity contribution in [2.75, 3.05) is 12.8 Å². The lowest BCUT2D eigenvalue weighted by atomic mass is 9.95. The van der Waals surface area contributed by atoms with Gasteiger partial charge in [0.1, 0.15) is 0 Å². The molecular weight excluding hydrogens is 252 g/mol. The molecule has 2 amide bonds. The Hall–Kier alpha value is -0.910. The van der Waals surface area contributed by atoms with Gasteiger partial charge in [-0.25, -0.2) is 4.79 Å². The number of thioether (sulfide) groups is 1. The molecule has 104 valence electrons. The van der Waals surface area contributed by atoms with Gasteiger partial charge in [0.2, 0.25) is 0 Å². The van der Waals surface area contributed by atoms with Crippen LogP contribution in [0.3, 0.4) is 0 Å². The molecule has 5 nitrogen and oxygen atoms in total. The largest absolute Gasteiger partial charge is 0.481 e. The molecule has 0 saturated heterocycles. The van der Waals surface area contributed by atoms with Crippen molar-refractivity contribution in [3.8, 4) is 0 Å². The fraction of sp³-hybridized carbons (Fsp3) is 0.833. The first-order valence-corrected chi connectivity index (χ1v) is 7.63. The Morgan fingerprint density at radius 3 is 2.67 bits per heavy atom. The number of aliphatic carboxylic acids is 1. The van der Waals surface area contributed by atoms with Crippen molar-refractivity contribution >= 4 is 23.8 Å². The van der Waals surface area contributed by atoms with Crippen LogP contribution in [0.5, 0.6) is 0 Å². The molecule has 18 heavy (non-hydrogen) atoms. The molecule has 0 heterocycles. The van der Waals surface area contributed by atoms with Gasteiger partial charge in [0, 0.05) is 17.8 Å². The summed E-state index contributed by atoms with van der Waals surface area (Å²) in [5.41, 5.74) is 0. The zero-order chi connectivity index (χ0) is 13.5. The van der Waals surface area contributed by atoms with Crippen molar-refractivity contribution in [1.82, 2.24) is 10.6 Å². The van der Waals surface area contributed by atoms with Gasteiger partial charge in [-0.3, -0.25) is 4.79 Å². The van der Waals surface area contributed by atoms with Gasteiger partial charge in [-0.05, 0) is 19.1 Å². The number of hydrogen-bond donors (Lipinski definition) is 3. The number of rotatable bonds is 5. The molecule has 1 aliphatic carbocycles. The molecule has 3 N–H and O–H groups in total. The maximum Gasteiger partial charge on any atom is 0.315 e. The highest BCUT2D eigenvalue weighted by atomic mass is 32.2. The number of carboxylic acids is 1. The summed E-state index contributed by atoms with van der Waals surface area (Å²) < 4.78 is 0. The molecule has 6 heteroatoms. The molecule has 0 aromatic rings. The van der Waals surface area contributed by atoms with Crippen molar-refractivity contribution in [2.24, 2.45) is 5.92 Å². The van der Waals surface area contributed by atoms with Crippen LogP contribution in [0.25, 0.3) is 0 Å². The normalized spacial score (nSPS) is 25.2. The minimum absolute atomic E-state index is 0.165. The van der Waals surface area contributed by atoms with Gasteiger partial charge in [0.25, 0.3) is 0 Å². The van der Waals surface area contributed by atoms with E-state index in [0.717, 1.165) is 19.3 Å². The molecule has 0 radical (unpaired) electrons. The first-order valence-electron chi connectivity index (χ1n) is 6.34. The molecular formula is C12H22N2O3S. The van der Waals surface area contributed by atoms with Crippen LogP contribution in [-0.4, -0.2) is 41.2 Å². The maximum absolute atomic E-state index is 11.7. The third kappa shape index (κ3) is 4.76. The van der Waals surface area contributed by atoms with E-state index < -0.39 is 11.9 Å². The first kappa shape index (κ1) is 15.1. The average Bonchev–Trinajstić information content (AvgIpc) is 2.36. The summed E-state index contributed by atoms with van der Waals surface area (Å²) >= 11 is 1.79. The van der Waals surface area contributed by atoms with Crippen molar-refractivity contribution in [3.05, 3.63) is 0 Å². The number of amides is 2. The molecule has 3 unspecified atom stereocenters. The van der Waals surface area contributed by atoms with E-state index in [4.69, 9.17) is 5.11 Å². The molecule has 0 spiro atoms. The quantitative estimate of drug-likeness (QED) is 0.713. The molecule has 0 aromatic carbocycles. The minimum atomic E-state index is -0.894. The van der Waals surface area contributed by atoms with Gasteiger partial charge >= 0.3 is 12.0 Å². The van der Waals surface area contributed by atoms with Crippen LogP contribution in [0, 0.1) is 5.92 Å².